The molecule has 0 aromatic heterocycles. The number of benzene rings is 3. The molecule has 0 saturated carbocycles. The van der Waals surface area contributed by atoms with Crippen molar-refractivity contribution in [3.63, 3.8) is 0 Å². The summed E-state index contributed by atoms with van der Waals surface area (Å²) in [5.74, 6) is 2.35. The van der Waals surface area contributed by atoms with Crippen LogP contribution in [0.1, 0.15) is 15.9 Å². The first-order chi connectivity index (χ1) is 15.5. The summed E-state index contributed by atoms with van der Waals surface area (Å²) in [6.07, 6.45) is 3.19. The molecule has 0 aliphatic carbocycles. The zero-order chi connectivity index (χ0) is 23.1. The topological polar surface area (TPSA) is 63.2 Å². The van der Waals surface area contributed by atoms with Crippen LogP contribution in [0.2, 0.25) is 5.02 Å². The molecule has 0 bridgehead atoms. The predicted molar refractivity (Wildman–Crippen MR) is 124 cm³/mol. The highest BCUT2D eigenvalue weighted by molar-refractivity contribution is 6.30. The lowest BCUT2D eigenvalue weighted by atomic mass is 10.1. The highest BCUT2D eigenvalue weighted by atomic mass is 35.5. The summed E-state index contributed by atoms with van der Waals surface area (Å²) >= 11 is 5.91. The van der Waals surface area contributed by atoms with E-state index in [9.17, 15) is 4.79 Å². The van der Waals surface area contributed by atoms with Crippen molar-refractivity contribution in [3.8, 4) is 34.5 Å². The van der Waals surface area contributed by atoms with Crippen LogP contribution in [-0.2, 0) is 0 Å². The van der Waals surface area contributed by atoms with Crippen molar-refractivity contribution in [1.29, 1.82) is 0 Å². The van der Waals surface area contributed by atoms with Crippen LogP contribution >= 0.6 is 11.6 Å². The minimum atomic E-state index is -0.231. The van der Waals surface area contributed by atoms with Crippen molar-refractivity contribution in [2.45, 2.75) is 0 Å². The van der Waals surface area contributed by atoms with Gasteiger partial charge in [0.2, 0.25) is 5.75 Å². The highest BCUT2D eigenvalue weighted by Crippen LogP contribution is 2.42. The monoisotopic (exact) mass is 454 g/mol. The van der Waals surface area contributed by atoms with Crippen molar-refractivity contribution in [2.24, 2.45) is 0 Å². The van der Waals surface area contributed by atoms with E-state index in [-0.39, 0.29) is 5.78 Å². The molecule has 0 radical (unpaired) electrons. The number of ether oxygens (including phenoxy) is 5. The van der Waals surface area contributed by atoms with E-state index in [0.29, 0.717) is 45.1 Å². The Morgan fingerprint density at radius 1 is 0.750 bits per heavy atom. The standard InChI is InChI=1S/C25H23ClO6/c1-28-18-10-11-20(21(27)12-7-16-5-8-17(26)9-6-16)22(13-18)32-19-14-23(29-2)25(31-4)24(15-19)30-3/h5-15H,1-4H3/b12-7+. The molecule has 6 nitrogen and oxygen atoms in total. The molecule has 0 amide bonds. The maximum Gasteiger partial charge on any atom is 0.203 e. The van der Waals surface area contributed by atoms with Crippen LogP contribution in [0.3, 0.4) is 0 Å². The first-order valence-electron chi connectivity index (χ1n) is 9.63. The number of carbonyl (C=O) groups excluding carboxylic acids is 1. The van der Waals surface area contributed by atoms with Gasteiger partial charge in [-0.2, -0.15) is 0 Å². The maximum absolute atomic E-state index is 12.9. The third kappa shape index (κ3) is 5.34. The van der Waals surface area contributed by atoms with Crippen molar-refractivity contribution >= 4 is 23.5 Å². The molecule has 0 atom stereocenters. The van der Waals surface area contributed by atoms with Crippen LogP contribution in [0.5, 0.6) is 34.5 Å². The summed E-state index contributed by atoms with van der Waals surface area (Å²) in [6.45, 7) is 0. The van der Waals surface area contributed by atoms with Crippen LogP contribution in [0.25, 0.3) is 6.08 Å². The molecule has 0 unspecified atom stereocenters. The molecule has 0 heterocycles. The third-order valence-electron chi connectivity index (χ3n) is 4.62. The Balaban J connectivity index is 1.96. The largest absolute Gasteiger partial charge is 0.497 e. The Morgan fingerprint density at radius 2 is 1.38 bits per heavy atom. The number of halogens is 1. The fourth-order valence-corrected chi connectivity index (χ4v) is 3.12. The van der Waals surface area contributed by atoms with Crippen LogP contribution in [0, 0.1) is 0 Å². The summed E-state index contributed by atoms with van der Waals surface area (Å²) < 4.78 is 27.5. The van der Waals surface area contributed by atoms with E-state index in [4.69, 9.17) is 35.3 Å². The molecular formula is C25H23ClO6. The molecule has 166 valence electrons. The van der Waals surface area contributed by atoms with Crippen LogP contribution < -0.4 is 23.7 Å². The van der Waals surface area contributed by atoms with Gasteiger partial charge in [-0.1, -0.05) is 29.8 Å². The molecule has 3 rings (SSSR count). The summed E-state index contributed by atoms with van der Waals surface area (Å²) in [6, 6.07) is 15.5. The molecule has 0 fully saturated rings. The lowest BCUT2D eigenvalue weighted by molar-refractivity contribution is 0.104. The van der Waals surface area contributed by atoms with Gasteiger partial charge in [-0.15, -0.1) is 0 Å². The second-order valence-electron chi connectivity index (χ2n) is 6.57. The molecule has 3 aromatic rings. The lowest BCUT2D eigenvalue weighted by Crippen LogP contribution is -2.01. The van der Waals surface area contributed by atoms with Gasteiger partial charge < -0.3 is 23.7 Å². The van der Waals surface area contributed by atoms with E-state index < -0.39 is 0 Å². The Labute approximate surface area is 191 Å². The Kier molecular flexibility index (Phi) is 7.63. The van der Waals surface area contributed by atoms with Crippen molar-refractivity contribution in [3.05, 3.63) is 76.8 Å². The van der Waals surface area contributed by atoms with E-state index in [1.807, 2.05) is 12.1 Å². The number of hydrogen-bond donors (Lipinski definition) is 0. The Morgan fingerprint density at radius 3 is 1.94 bits per heavy atom. The minimum absolute atomic E-state index is 0.231. The summed E-state index contributed by atoms with van der Waals surface area (Å²) in [7, 11) is 6.10. The van der Waals surface area contributed by atoms with E-state index in [1.54, 1.807) is 55.7 Å². The smallest absolute Gasteiger partial charge is 0.203 e. The van der Waals surface area contributed by atoms with Crippen molar-refractivity contribution < 1.29 is 28.5 Å². The summed E-state index contributed by atoms with van der Waals surface area (Å²) in [5, 5.41) is 0.629. The average Bonchev–Trinajstić information content (AvgIpc) is 2.82. The second-order valence-corrected chi connectivity index (χ2v) is 7.01. The number of hydrogen-bond acceptors (Lipinski definition) is 6. The zero-order valence-electron chi connectivity index (χ0n) is 18.2. The number of methoxy groups -OCH3 is 4. The van der Waals surface area contributed by atoms with Crippen LogP contribution in [0.4, 0.5) is 0 Å². The second kappa shape index (κ2) is 10.6. The van der Waals surface area contributed by atoms with Gasteiger partial charge in [0, 0.05) is 23.2 Å². The van der Waals surface area contributed by atoms with Crippen molar-refractivity contribution in [1.82, 2.24) is 0 Å². The fourth-order valence-electron chi connectivity index (χ4n) is 3.00. The first-order valence-corrected chi connectivity index (χ1v) is 10.0. The molecule has 3 aromatic carbocycles. The average molecular weight is 455 g/mol. The number of carbonyl (C=O) groups is 1. The molecule has 0 N–H and O–H groups in total. The van der Waals surface area contributed by atoms with Crippen molar-refractivity contribution in [2.75, 3.05) is 28.4 Å². The van der Waals surface area contributed by atoms with Gasteiger partial charge in [-0.25, -0.2) is 0 Å². The van der Waals surface area contributed by atoms with E-state index in [0.717, 1.165) is 5.56 Å². The quantitative estimate of drug-likeness (QED) is 0.289. The van der Waals surface area contributed by atoms with E-state index >= 15 is 0 Å². The molecule has 7 heteroatoms. The van der Waals surface area contributed by atoms with Gasteiger partial charge >= 0.3 is 0 Å². The number of allylic oxidation sites excluding steroid dienone is 1. The lowest BCUT2D eigenvalue weighted by Gasteiger charge is -2.16. The summed E-state index contributed by atoms with van der Waals surface area (Å²) in [5.41, 5.74) is 1.22. The maximum atomic E-state index is 12.9. The molecule has 0 aliphatic rings. The molecular weight excluding hydrogens is 432 g/mol. The van der Waals surface area contributed by atoms with Crippen LogP contribution in [0.15, 0.2) is 60.7 Å². The number of rotatable bonds is 9. The Hall–Kier alpha value is -3.64. The molecule has 0 saturated heterocycles. The van der Waals surface area contributed by atoms with Gasteiger partial charge in [0.15, 0.2) is 17.3 Å². The van der Waals surface area contributed by atoms with Gasteiger partial charge in [-0.3, -0.25) is 4.79 Å². The zero-order valence-corrected chi connectivity index (χ0v) is 18.9. The van der Waals surface area contributed by atoms with Gasteiger partial charge in [-0.05, 0) is 35.9 Å². The fraction of sp³-hybridized carbons (Fsp3) is 0.160. The molecule has 32 heavy (non-hydrogen) atoms. The Bertz CT molecular complexity index is 1100. The predicted octanol–water partition coefficient (Wildman–Crippen LogP) is 6.06. The normalized spacial score (nSPS) is 10.7. The van der Waals surface area contributed by atoms with E-state index in [1.165, 1.54) is 27.4 Å². The highest BCUT2D eigenvalue weighted by Gasteiger charge is 2.17. The molecule has 0 spiro atoms. The molecule has 0 aliphatic heterocycles. The first kappa shape index (κ1) is 23.0. The summed E-state index contributed by atoms with van der Waals surface area (Å²) in [4.78, 5) is 12.9. The van der Waals surface area contributed by atoms with Gasteiger partial charge in [0.25, 0.3) is 0 Å². The third-order valence-corrected chi connectivity index (χ3v) is 4.87. The van der Waals surface area contributed by atoms with Gasteiger partial charge in [0.1, 0.15) is 17.2 Å². The van der Waals surface area contributed by atoms with Crippen LogP contribution in [-0.4, -0.2) is 34.2 Å². The van der Waals surface area contributed by atoms with E-state index in [2.05, 4.69) is 0 Å². The number of ketones is 1. The SMILES string of the molecule is COc1ccc(C(=O)/C=C/c2ccc(Cl)cc2)c(Oc2cc(OC)c(OC)c(OC)c2)c1. The van der Waals surface area contributed by atoms with Gasteiger partial charge in [0.05, 0.1) is 34.0 Å². The minimum Gasteiger partial charge on any atom is -0.497 e.